The minimum absolute atomic E-state index is 0.208. The first kappa shape index (κ1) is 13.9. The van der Waals surface area contributed by atoms with Crippen LogP contribution in [0.3, 0.4) is 0 Å². The van der Waals surface area contributed by atoms with Crippen LogP contribution in [0.2, 0.25) is 0 Å². The molecule has 0 saturated carbocycles. The van der Waals surface area contributed by atoms with Gasteiger partial charge in [-0.05, 0) is 43.6 Å². The van der Waals surface area contributed by atoms with E-state index in [0.29, 0.717) is 23.0 Å². The number of likely N-dealkylation sites (tertiary alicyclic amines) is 1. The number of aromatic carboxylic acids is 1. The van der Waals surface area contributed by atoms with Crippen molar-refractivity contribution in [1.82, 2.24) is 9.88 Å². The third-order valence-corrected chi connectivity index (χ3v) is 3.99. The zero-order chi connectivity index (χ0) is 14.8. The first-order valence-electron chi connectivity index (χ1n) is 7.26. The Morgan fingerprint density at radius 1 is 1.57 bits per heavy atom. The van der Waals surface area contributed by atoms with E-state index in [1.807, 2.05) is 0 Å². The molecular weight excluding hydrogens is 270 g/mol. The number of hydrogen-bond acceptors (Lipinski definition) is 5. The fourth-order valence-electron chi connectivity index (χ4n) is 2.73. The predicted molar refractivity (Wildman–Crippen MR) is 79.7 cm³/mol. The lowest BCUT2D eigenvalue weighted by molar-refractivity contribution is 0.0697. The number of anilines is 1. The number of carboxylic acid groups (broad SMARTS) is 1. The van der Waals surface area contributed by atoms with Gasteiger partial charge in [0.15, 0.2) is 5.58 Å². The molecule has 0 bridgehead atoms. The van der Waals surface area contributed by atoms with E-state index >= 15 is 0 Å². The van der Waals surface area contributed by atoms with Gasteiger partial charge >= 0.3 is 5.97 Å². The fraction of sp³-hybridized carbons (Fsp3) is 0.467. The summed E-state index contributed by atoms with van der Waals surface area (Å²) in [5, 5.41) is 12.2. The van der Waals surface area contributed by atoms with Crippen molar-refractivity contribution in [1.29, 1.82) is 0 Å². The lowest BCUT2D eigenvalue weighted by Gasteiger charge is -2.12. The first-order chi connectivity index (χ1) is 10.2. The molecule has 0 radical (unpaired) electrons. The molecular formula is C15H19N3O3. The molecule has 2 N–H and O–H groups in total. The maximum atomic E-state index is 10.9. The minimum atomic E-state index is -0.964. The Labute approximate surface area is 122 Å². The summed E-state index contributed by atoms with van der Waals surface area (Å²) in [6.07, 6.45) is 1.18. The largest absolute Gasteiger partial charge is 0.478 e. The van der Waals surface area contributed by atoms with E-state index in [1.165, 1.54) is 18.6 Å². The lowest BCUT2D eigenvalue weighted by Crippen LogP contribution is -2.22. The highest BCUT2D eigenvalue weighted by Crippen LogP contribution is 2.22. The van der Waals surface area contributed by atoms with Gasteiger partial charge in [-0.15, -0.1) is 0 Å². The highest BCUT2D eigenvalue weighted by Gasteiger charge is 2.21. The number of hydrogen-bond donors (Lipinski definition) is 2. The third kappa shape index (κ3) is 3.00. The Morgan fingerprint density at radius 2 is 2.43 bits per heavy atom. The molecule has 1 aromatic carbocycles. The van der Waals surface area contributed by atoms with E-state index in [0.717, 1.165) is 26.2 Å². The van der Waals surface area contributed by atoms with Crippen molar-refractivity contribution in [2.45, 2.75) is 13.3 Å². The quantitative estimate of drug-likeness (QED) is 0.879. The van der Waals surface area contributed by atoms with Gasteiger partial charge in [-0.3, -0.25) is 0 Å². The van der Waals surface area contributed by atoms with E-state index < -0.39 is 5.97 Å². The fourth-order valence-corrected chi connectivity index (χ4v) is 2.73. The van der Waals surface area contributed by atoms with Crippen molar-refractivity contribution < 1.29 is 14.3 Å². The van der Waals surface area contributed by atoms with E-state index in [-0.39, 0.29) is 5.56 Å². The van der Waals surface area contributed by atoms with E-state index in [9.17, 15) is 4.79 Å². The number of benzene rings is 1. The number of carboxylic acids is 1. The SMILES string of the molecule is CCN1CCC(CNc2nc3ccc(C(=O)O)cc3o2)C1. The van der Waals surface area contributed by atoms with Crippen molar-refractivity contribution in [3.8, 4) is 0 Å². The molecule has 6 heteroatoms. The molecule has 112 valence electrons. The van der Waals surface area contributed by atoms with Gasteiger partial charge in [0.1, 0.15) is 5.52 Å². The predicted octanol–water partition coefficient (Wildman–Crippen LogP) is 2.28. The first-order valence-corrected chi connectivity index (χ1v) is 7.26. The maximum Gasteiger partial charge on any atom is 0.335 e. The number of aromatic nitrogens is 1. The molecule has 6 nitrogen and oxygen atoms in total. The molecule has 0 aliphatic carbocycles. The minimum Gasteiger partial charge on any atom is -0.478 e. The number of rotatable bonds is 5. The highest BCUT2D eigenvalue weighted by molar-refractivity contribution is 5.92. The Balaban J connectivity index is 1.66. The van der Waals surface area contributed by atoms with Gasteiger partial charge in [0.05, 0.1) is 5.56 Å². The molecule has 1 fully saturated rings. The maximum absolute atomic E-state index is 10.9. The number of carbonyl (C=O) groups is 1. The average Bonchev–Trinajstić information content (AvgIpc) is 3.10. The standard InChI is InChI=1S/C15H19N3O3/c1-2-18-6-5-10(9-18)8-16-15-17-12-4-3-11(14(19)20)7-13(12)21-15/h3-4,7,10H,2,5-6,8-9H2,1H3,(H,16,17)(H,19,20). The highest BCUT2D eigenvalue weighted by atomic mass is 16.4. The number of fused-ring (bicyclic) bond motifs is 1. The van der Waals surface area contributed by atoms with Crippen molar-refractivity contribution in [3.63, 3.8) is 0 Å². The number of oxazole rings is 1. The van der Waals surface area contributed by atoms with Crippen LogP contribution >= 0.6 is 0 Å². The molecule has 1 aliphatic heterocycles. The number of nitrogens with zero attached hydrogens (tertiary/aromatic N) is 2. The summed E-state index contributed by atoms with van der Waals surface area (Å²) in [4.78, 5) is 17.7. The van der Waals surface area contributed by atoms with Gasteiger partial charge in [0.25, 0.3) is 6.01 Å². The van der Waals surface area contributed by atoms with Gasteiger partial charge in [0, 0.05) is 13.1 Å². The summed E-state index contributed by atoms with van der Waals surface area (Å²) in [6.45, 7) is 6.36. The second kappa shape index (κ2) is 5.73. The summed E-state index contributed by atoms with van der Waals surface area (Å²) in [7, 11) is 0. The zero-order valence-electron chi connectivity index (χ0n) is 12.0. The normalized spacial score (nSPS) is 19.2. The van der Waals surface area contributed by atoms with Crippen LogP contribution in [-0.4, -0.2) is 47.1 Å². The summed E-state index contributed by atoms with van der Waals surface area (Å²) >= 11 is 0. The smallest absolute Gasteiger partial charge is 0.335 e. The van der Waals surface area contributed by atoms with E-state index in [4.69, 9.17) is 9.52 Å². The van der Waals surface area contributed by atoms with Crippen molar-refractivity contribution in [2.75, 3.05) is 31.5 Å². The van der Waals surface area contributed by atoms with Gasteiger partial charge < -0.3 is 19.7 Å². The summed E-state index contributed by atoms with van der Waals surface area (Å²) < 4.78 is 5.57. The van der Waals surface area contributed by atoms with Crippen molar-refractivity contribution in [3.05, 3.63) is 23.8 Å². The van der Waals surface area contributed by atoms with Crippen LogP contribution in [0.1, 0.15) is 23.7 Å². The van der Waals surface area contributed by atoms with Crippen LogP contribution in [-0.2, 0) is 0 Å². The lowest BCUT2D eigenvalue weighted by atomic mass is 10.1. The summed E-state index contributed by atoms with van der Waals surface area (Å²) in [5.74, 6) is -0.358. The Morgan fingerprint density at radius 3 is 3.14 bits per heavy atom. The van der Waals surface area contributed by atoms with Crippen LogP contribution in [0.15, 0.2) is 22.6 Å². The third-order valence-electron chi connectivity index (χ3n) is 3.99. The van der Waals surface area contributed by atoms with Crippen LogP contribution in [0, 0.1) is 5.92 Å². The average molecular weight is 289 g/mol. The molecule has 0 spiro atoms. The molecule has 1 unspecified atom stereocenters. The van der Waals surface area contributed by atoms with E-state index in [1.54, 1.807) is 6.07 Å². The molecule has 1 atom stereocenters. The van der Waals surface area contributed by atoms with Crippen molar-refractivity contribution in [2.24, 2.45) is 5.92 Å². The molecule has 2 aromatic rings. The van der Waals surface area contributed by atoms with Crippen LogP contribution in [0.4, 0.5) is 6.01 Å². The summed E-state index contributed by atoms with van der Waals surface area (Å²) in [5.41, 5.74) is 1.38. The van der Waals surface area contributed by atoms with Crippen LogP contribution < -0.4 is 5.32 Å². The molecule has 0 amide bonds. The van der Waals surface area contributed by atoms with Crippen molar-refractivity contribution >= 4 is 23.1 Å². The zero-order valence-corrected chi connectivity index (χ0v) is 12.0. The topological polar surface area (TPSA) is 78.6 Å². The van der Waals surface area contributed by atoms with Crippen LogP contribution in [0.5, 0.6) is 0 Å². The van der Waals surface area contributed by atoms with Gasteiger partial charge in [0.2, 0.25) is 0 Å². The monoisotopic (exact) mass is 289 g/mol. The molecule has 2 heterocycles. The van der Waals surface area contributed by atoms with Gasteiger partial charge in [-0.25, -0.2) is 4.79 Å². The molecule has 1 aliphatic rings. The molecule has 3 rings (SSSR count). The van der Waals surface area contributed by atoms with E-state index in [2.05, 4.69) is 22.1 Å². The number of nitrogens with one attached hydrogen (secondary N) is 1. The molecule has 1 aromatic heterocycles. The van der Waals surface area contributed by atoms with Gasteiger partial charge in [-0.2, -0.15) is 4.98 Å². The second-order valence-electron chi connectivity index (χ2n) is 5.44. The molecule has 21 heavy (non-hydrogen) atoms. The Kier molecular flexibility index (Phi) is 3.79. The van der Waals surface area contributed by atoms with Crippen LogP contribution in [0.25, 0.3) is 11.1 Å². The van der Waals surface area contributed by atoms with Gasteiger partial charge in [-0.1, -0.05) is 6.92 Å². The molecule has 1 saturated heterocycles. The summed E-state index contributed by atoms with van der Waals surface area (Å²) in [6, 6.07) is 5.17. The Hall–Kier alpha value is -2.08. The second-order valence-corrected chi connectivity index (χ2v) is 5.44. The Bertz CT molecular complexity index is 653.